The Labute approximate surface area is 128 Å². The molecule has 1 atom stereocenters. The zero-order valence-corrected chi connectivity index (χ0v) is 14.0. The van der Waals surface area contributed by atoms with Crippen LogP contribution in [0.15, 0.2) is 18.2 Å². The first kappa shape index (κ1) is 15.9. The third kappa shape index (κ3) is 3.24. The van der Waals surface area contributed by atoms with Crippen LogP contribution < -0.4 is 10.1 Å². The largest absolute Gasteiger partial charge is 0.491 e. The Morgan fingerprint density at radius 2 is 2.00 bits per heavy atom. The summed E-state index contributed by atoms with van der Waals surface area (Å²) in [5.41, 5.74) is 4.05. The van der Waals surface area contributed by atoms with E-state index in [0.717, 1.165) is 31.8 Å². The number of aromatic nitrogens is 1. The molecule has 3 nitrogen and oxygen atoms in total. The lowest BCUT2D eigenvalue weighted by Gasteiger charge is -2.13. The van der Waals surface area contributed by atoms with E-state index >= 15 is 0 Å². The summed E-state index contributed by atoms with van der Waals surface area (Å²) < 4.78 is 8.37. The fourth-order valence-corrected chi connectivity index (χ4v) is 2.80. The SMILES string of the molecule is CCNCc1c(C)n(CC)c2ccc(O[C@@H](C)CC)cc12. The number of aryl methyl sites for hydroxylation is 1. The molecule has 0 amide bonds. The number of nitrogens with zero attached hydrogens (tertiary/aromatic N) is 1. The van der Waals surface area contributed by atoms with Crippen LogP contribution in [0.25, 0.3) is 10.9 Å². The van der Waals surface area contributed by atoms with Crippen LogP contribution in [0.1, 0.15) is 45.4 Å². The number of hydrogen-bond acceptors (Lipinski definition) is 2. The maximum Gasteiger partial charge on any atom is 0.120 e. The summed E-state index contributed by atoms with van der Waals surface area (Å²) in [6, 6.07) is 6.49. The molecule has 0 unspecified atom stereocenters. The molecule has 0 radical (unpaired) electrons. The van der Waals surface area contributed by atoms with Crippen molar-refractivity contribution in [3.63, 3.8) is 0 Å². The van der Waals surface area contributed by atoms with E-state index in [0.29, 0.717) is 0 Å². The summed E-state index contributed by atoms with van der Waals surface area (Å²) in [6.45, 7) is 13.7. The molecule has 0 aliphatic heterocycles. The number of ether oxygens (including phenoxy) is 1. The molecule has 0 saturated heterocycles. The van der Waals surface area contributed by atoms with E-state index in [1.54, 1.807) is 0 Å². The summed E-state index contributed by atoms with van der Waals surface area (Å²) in [6.07, 6.45) is 1.28. The van der Waals surface area contributed by atoms with Gasteiger partial charge in [-0.2, -0.15) is 0 Å². The van der Waals surface area contributed by atoms with Crippen molar-refractivity contribution in [1.29, 1.82) is 0 Å². The van der Waals surface area contributed by atoms with Gasteiger partial charge in [0.2, 0.25) is 0 Å². The molecule has 0 bridgehead atoms. The van der Waals surface area contributed by atoms with Crippen molar-refractivity contribution in [2.75, 3.05) is 6.54 Å². The average molecular weight is 288 g/mol. The van der Waals surface area contributed by atoms with Crippen LogP contribution in [0.3, 0.4) is 0 Å². The van der Waals surface area contributed by atoms with Gasteiger partial charge in [0, 0.05) is 29.7 Å². The average Bonchev–Trinajstić information content (AvgIpc) is 2.75. The highest BCUT2D eigenvalue weighted by Crippen LogP contribution is 2.30. The van der Waals surface area contributed by atoms with Crippen molar-refractivity contribution in [3.8, 4) is 5.75 Å². The van der Waals surface area contributed by atoms with Crippen molar-refractivity contribution < 1.29 is 4.74 Å². The number of hydrogen-bond donors (Lipinski definition) is 1. The molecule has 116 valence electrons. The number of rotatable bonds is 7. The minimum atomic E-state index is 0.258. The molecule has 0 spiro atoms. The summed E-state index contributed by atoms with van der Waals surface area (Å²) in [5.74, 6) is 0.975. The first-order valence-corrected chi connectivity index (χ1v) is 8.11. The van der Waals surface area contributed by atoms with E-state index in [1.165, 1.54) is 22.2 Å². The molecule has 0 fully saturated rings. The monoisotopic (exact) mass is 288 g/mol. The molecular formula is C18H28N2O. The Morgan fingerprint density at radius 3 is 2.62 bits per heavy atom. The van der Waals surface area contributed by atoms with Gasteiger partial charge < -0.3 is 14.6 Å². The second kappa shape index (κ2) is 6.99. The normalized spacial score (nSPS) is 12.8. The van der Waals surface area contributed by atoms with E-state index in [9.17, 15) is 0 Å². The van der Waals surface area contributed by atoms with Gasteiger partial charge in [0.05, 0.1) is 6.10 Å². The highest BCUT2D eigenvalue weighted by atomic mass is 16.5. The first-order chi connectivity index (χ1) is 10.1. The molecule has 1 N–H and O–H groups in total. The number of fused-ring (bicyclic) bond motifs is 1. The molecule has 21 heavy (non-hydrogen) atoms. The zero-order valence-electron chi connectivity index (χ0n) is 14.0. The number of benzene rings is 1. The standard InChI is InChI=1S/C18H28N2O/c1-6-13(4)21-15-9-10-18-16(11-15)17(12-19-7-2)14(5)20(18)8-3/h9-11,13,19H,6-8,12H2,1-5H3/t13-/m0/s1. The molecule has 1 aromatic heterocycles. The number of nitrogens with one attached hydrogen (secondary N) is 1. The van der Waals surface area contributed by atoms with Gasteiger partial charge in [-0.05, 0) is 57.5 Å². The fourth-order valence-electron chi connectivity index (χ4n) is 2.80. The lowest BCUT2D eigenvalue weighted by molar-refractivity contribution is 0.217. The van der Waals surface area contributed by atoms with Gasteiger partial charge in [0.25, 0.3) is 0 Å². The van der Waals surface area contributed by atoms with Gasteiger partial charge >= 0.3 is 0 Å². The van der Waals surface area contributed by atoms with Gasteiger partial charge in [-0.15, -0.1) is 0 Å². The molecule has 2 aromatic rings. The van der Waals surface area contributed by atoms with Crippen molar-refractivity contribution >= 4 is 10.9 Å². The van der Waals surface area contributed by atoms with Crippen LogP contribution in [0.4, 0.5) is 0 Å². The van der Waals surface area contributed by atoms with Crippen LogP contribution in [0.5, 0.6) is 5.75 Å². The molecule has 0 aliphatic carbocycles. The van der Waals surface area contributed by atoms with Crippen molar-refractivity contribution in [2.45, 2.75) is 60.2 Å². The third-order valence-electron chi connectivity index (χ3n) is 4.21. The lowest BCUT2D eigenvalue weighted by atomic mass is 10.1. The Kier molecular flexibility index (Phi) is 5.29. The summed E-state index contributed by atoms with van der Waals surface area (Å²) in [7, 11) is 0. The van der Waals surface area contributed by atoms with Crippen molar-refractivity contribution in [2.24, 2.45) is 0 Å². The third-order valence-corrected chi connectivity index (χ3v) is 4.21. The minimum Gasteiger partial charge on any atom is -0.491 e. The van der Waals surface area contributed by atoms with Gasteiger partial charge in [-0.25, -0.2) is 0 Å². The second-order valence-corrected chi connectivity index (χ2v) is 5.60. The molecule has 2 rings (SSSR count). The second-order valence-electron chi connectivity index (χ2n) is 5.60. The van der Waals surface area contributed by atoms with E-state index in [4.69, 9.17) is 4.74 Å². The fraction of sp³-hybridized carbons (Fsp3) is 0.556. The predicted molar refractivity (Wildman–Crippen MR) is 90.1 cm³/mol. The summed E-state index contributed by atoms with van der Waals surface area (Å²) >= 11 is 0. The molecule has 3 heteroatoms. The van der Waals surface area contributed by atoms with Crippen LogP contribution in [-0.4, -0.2) is 17.2 Å². The van der Waals surface area contributed by atoms with Crippen LogP contribution in [0.2, 0.25) is 0 Å². The zero-order chi connectivity index (χ0) is 15.4. The summed E-state index contributed by atoms with van der Waals surface area (Å²) in [4.78, 5) is 0. The maximum absolute atomic E-state index is 5.98. The molecule has 1 heterocycles. The Hall–Kier alpha value is -1.48. The van der Waals surface area contributed by atoms with E-state index in [-0.39, 0.29) is 6.10 Å². The Bertz CT molecular complexity index is 601. The Morgan fingerprint density at radius 1 is 1.24 bits per heavy atom. The minimum absolute atomic E-state index is 0.258. The molecule has 1 aromatic carbocycles. The smallest absolute Gasteiger partial charge is 0.120 e. The van der Waals surface area contributed by atoms with E-state index in [2.05, 4.69) is 62.7 Å². The van der Waals surface area contributed by atoms with E-state index < -0.39 is 0 Å². The van der Waals surface area contributed by atoms with Crippen molar-refractivity contribution in [1.82, 2.24) is 9.88 Å². The highest BCUT2D eigenvalue weighted by molar-refractivity contribution is 5.87. The van der Waals surface area contributed by atoms with Crippen molar-refractivity contribution in [3.05, 3.63) is 29.5 Å². The Balaban J connectivity index is 2.47. The van der Waals surface area contributed by atoms with Gasteiger partial charge in [0.1, 0.15) is 5.75 Å². The highest BCUT2D eigenvalue weighted by Gasteiger charge is 2.14. The molecule has 0 saturated carbocycles. The maximum atomic E-state index is 5.98. The van der Waals surface area contributed by atoms with Gasteiger partial charge in [-0.3, -0.25) is 0 Å². The molecular weight excluding hydrogens is 260 g/mol. The lowest BCUT2D eigenvalue weighted by Crippen LogP contribution is -2.12. The quantitative estimate of drug-likeness (QED) is 0.824. The molecule has 0 aliphatic rings. The van der Waals surface area contributed by atoms with Gasteiger partial charge in [0.15, 0.2) is 0 Å². The van der Waals surface area contributed by atoms with Crippen LogP contribution in [-0.2, 0) is 13.1 Å². The predicted octanol–water partition coefficient (Wildman–Crippen LogP) is 4.26. The first-order valence-electron chi connectivity index (χ1n) is 8.11. The van der Waals surface area contributed by atoms with Crippen LogP contribution >= 0.6 is 0 Å². The van der Waals surface area contributed by atoms with Gasteiger partial charge in [-0.1, -0.05) is 13.8 Å². The summed E-state index contributed by atoms with van der Waals surface area (Å²) in [5, 5.41) is 4.77. The van der Waals surface area contributed by atoms with Crippen LogP contribution in [0, 0.1) is 6.92 Å². The topological polar surface area (TPSA) is 26.2 Å². The van der Waals surface area contributed by atoms with E-state index in [1.807, 2.05) is 0 Å².